The van der Waals surface area contributed by atoms with Crippen LogP contribution >= 0.6 is 23.1 Å². The molecule has 122 valence electrons. The quantitative estimate of drug-likeness (QED) is 0.857. The van der Waals surface area contributed by atoms with Gasteiger partial charge in [-0.15, -0.1) is 10.2 Å². The standard InChI is InChI=1S/C17H21N3OS2/c21-16(18-11-13-7-3-1-4-8-13)17-20-19-15(23-17)12-22-14-9-5-2-6-10-14/h1,3-4,7-8,14H,2,5-6,9-12H2,(H,18,21). The summed E-state index contributed by atoms with van der Waals surface area (Å²) in [6.45, 7) is 0.519. The fraction of sp³-hybridized carbons (Fsp3) is 0.471. The number of rotatable bonds is 6. The van der Waals surface area contributed by atoms with Crippen molar-refractivity contribution in [1.82, 2.24) is 15.5 Å². The Kier molecular flexibility index (Phi) is 6.05. The maximum atomic E-state index is 12.1. The van der Waals surface area contributed by atoms with E-state index in [1.165, 1.54) is 43.4 Å². The Labute approximate surface area is 145 Å². The third-order valence-electron chi connectivity index (χ3n) is 3.95. The molecule has 1 saturated carbocycles. The molecule has 0 atom stereocenters. The highest BCUT2D eigenvalue weighted by atomic mass is 32.2. The van der Waals surface area contributed by atoms with Crippen molar-refractivity contribution in [2.45, 2.75) is 49.7 Å². The van der Waals surface area contributed by atoms with Gasteiger partial charge in [0.05, 0.1) is 0 Å². The molecule has 0 radical (unpaired) electrons. The SMILES string of the molecule is O=C(NCc1ccccc1)c1nnc(CSC2CCCCC2)s1. The first-order valence-corrected chi connectivity index (χ1v) is 9.94. The van der Waals surface area contributed by atoms with E-state index in [9.17, 15) is 4.79 Å². The van der Waals surface area contributed by atoms with Gasteiger partial charge in [-0.2, -0.15) is 11.8 Å². The van der Waals surface area contributed by atoms with E-state index in [0.29, 0.717) is 11.6 Å². The molecule has 1 N–H and O–H groups in total. The predicted octanol–water partition coefficient (Wildman–Crippen LogP) is 4.03. The lowest BCUT2D eigenvalue weighted by Crippen LogP contribution is -2.22. The molecule has 1 aromatic carbocycles. The summed E-state index contributed by atoms with van der Waals surface area (Å²) < 4.78 is 0. The fourth-order valence-corrected chi connectivity index (χ4v) is 4.77. The van der Waals surface area contributed by atoms with E-state index < -0.39 is 0 Å². The van der Waals surface area contributed by atoms with E-state index in [4.69, 9.17) is 0 Å². The number of nitrogens with zero attached hydrogens (tertiary/aromatic N) is 2. The third kappa shape index (κ3) is 5.04. The van der Waals surface area contributed by atoms with Crippen LogP contribution in [0.2, 0.25) is 0 Å². The smallest absolute Gasteiger partial charge is 0.282 e. The van der Waals surface area contributed by atoms with Crippen molar-refractivity contribution in [2.75, 3.05) is 0 Å². The van der Waals surface area contributed by atoms with Crippen molar-refractivity contribution < 1.29 is 4.79 Å². The van der Waals surface area contributed by atoms with Gasteiger partial charge in [-0.25, -0.2) is 0 Å². The summed E-state index contributed by atoms with van der Waals surface area (Å²) in [5.41, 5.74) is 1.08. The number of amides is 1. The van der Waals surface area contributed by atoms with Gasteiger partial charge in [-0.1, -0.05) is 60.9 Å². The molecular formula is C17H21N3OS2. The van der Waals surface area contributed by atoms with Crippen molar-refractivity contribution >= 4 is 29.0 Å². The second kappa shape index (κ2) is 8.45. The Morgan fingerprint density at radius 1 is 1.17 bits per heavy atom. The fourth-order valence-electron chi connectivity index (χ4n) is 2.68. The minimum Gasteiger partial charge on any atom is -0.346 e. The Bertz CT molecular complexity index is 624. The first-order chi connectivity index (χ1) is 11.3. The van der Waals surface area contributed by atoms with E-state index in [1.807, 2.05) is 42.1 Å². The maximum absolute atomic E-state index is 12.1. The zero-order chi connectivity index (χ0) is 15.9. The van der Waals surface area contributed by atoms with Gasteiger partial charge in [0.2, 0.25) is 5.01 Å². The molecular weight excluding hydrogens is 326 g/mol. The highest BCUT2D eigenvalue weighted by Crippen LogP contribution is 2.31. The van der Waals surface area contributed by atoms with Gasteiger partial charge >= 0.3 is 0 Å². The summed E-state index contributed by atoms with van der Waals surface area (Å²) in [5, 5.41) is 13.3. The summed E-state index contributed by atoms with van der Waals surface area (Å²) in [6, 6.07) is 9.88. The lowest BCUT2D eigenvalue weighted by molar-refractivity contribution is 0.0950. The van der Waals surface area contributed by atoms with Crippen LogP contribution in [0.3, 0.4) is 0 Å². The molecule has 1 aliphatic rings. The first-order valence-electron chi connectivity index (χ1n) is 8.07. The molecule has 1 aromatic heterocycles. The van der Waals surface area contributed by atoms with Crippen LogP contribution in [-0.2, 0) is 12.3 Å². The maximum Gasteiger partial charge on any atom is 0.282 e. The minimum absolute atomic E-state index is 0.139. The Morgan fingerprint density at radius 2 is 1.96 bits per heavy atom. The van der Waals surface area contributed by atoms with Crippen LogP contribution in [0.25, 0.3) is 0 Å². The number of hydrogen-bond donors (Lipinski definition) is 1. The minimum atomic E-state index is -0.139. The van der Waals surface area contributed by atoms with Crippen LogP contribution in [0.1, 0.15) is 52.5 Å². The molecule has 1 amide bonds. The van der Waals surface area contributed by atoms with Gasteiger partial charge in [0.1, 0.15) is 5.01 Å². The molecule has 1 fully saturated rings. The molecule has 1 heterocycles. The predicted molar refractivity (Wildman–Crippen MR) is 95.7 cm³/mol. The first kappa shape index (κ1) is 16.5. The lowest BCUT2D eigenvalue weighted by Gasteiger charge is -2.20. The average molecular weight is 348 g/mol. The monoisotopic (exact) mass is 347 g/mol. The molecule has 0 saturated heterocycles. The second-order valence-electron chi connectivity index (χ2n) is 5.74. The van der Waals surface area contributed by atoms with Crippen LogP contribution in [-0.4, -0.2) is 21.4 Å². The summed E-state index contributed by atoms with van der Waals surface area (Å²) in [4.78, 5) is 12.1. The van der Waals surface area contributed by atoms with E-state index >= 15 is 0 Å². The summed E-state index contributed by atoms with van der Waals surface area (Å²) in [7, 11) is 0. The van der Waals surface area contributed by atoms with E-state index in [1.54, 1.807) is 0 Å². The summed E-state index contributed by atoms with van der Waals surface area (Å²) in [6.07, 6.45) is 6.70. The highest BCUT2D eigenvalue weighted by Gasteiger charge is 2.16. The van der Waals surface area contributed by atoms with Gasteiger partial charge in [0.25, 0.3) is 5.91 Å². The highest BCUT2D eigenvalue weighted by molar-refractivity contribution is 7.99. The number of nitrogens with one attached hydrogen (secondary N) is 1. The van der Waals surface area contributed by atoms with Crippen molar-refractivity contribution in [3.63, 3.8) is 0 Å². The van der Waals surface area contributed by atoms with Crippen LogP contribution in [0.5, 0.6) is 0 Å². The molecule has 0 aliphatic heterocycles. The number of carbonyl (C=O) groups is 1. The summed E-state index contributed by atoms with van der Waals surface area (Å²) >= 11 is 3.37. The average Bonchev–Trinajstić information content (AvgIpc) is 3.09. The summed E-state index contributed by atoms with van der Waals surface area (Å²) in [5.74, 6) is 0.731. The molecule has 0 spiro atoms. The molecule has 4 nitrogen and oxygen atoms in total. The normalized spacial score (nSPS) is 15.5. The third-order valence-corrected chi connectivity index (χ3v) is 6.44. The molecule has 2 aromatic rings. The van der Waals surface area contributed by atoms with Gasteiger partial charge < -0.3 is 5.32 Å². The number of carbonyl (C=O) groups excluding carboxylic acids is 1. The van der Waals surface area contributed by atoms with Gasteiger partial charge in [0, 0.05) is 17.5 Å². The molecule has 0 bridgehead atoms. The Hall–Kier alpha value is -1.40. The molecule has 3 rings (SSSR count). The lowest BCUT2D eigenvalue weighted by atomic mass is 10.0. The second-order valence-corrected chi connectivity index (χ2v) is 8.09. The van der Waals surface area contributed by atoms with Crippen LogP contribution in [0.4, 0.5) is 0 Å². The van der Waals surface area contributed by atoms with Crippen LogP contribution in [0, 0.1) is 0 Å². The number of thioether (sulfide) groups is 1. The Morgan fingerprint density at radius 3 is 2.74 bits per heavy atom. The Balaban J connectivity index is 1.47. The molecule has 23 heavy (non-hydrogen) atoms. The van der Waals surface area contributed by atoms with Crippen molar-refractivity contribution in [1.29, 1.82) is 0 Å². The number of hydrogen-bond acceptors (Lipinski definition) is 5. The zero-order valence-corrected chi connectivity index (χ0v) is 14.7. The van der Waals surface area contributed by atoms with Crippen molar-refractivity contribution in [3.05, 3.63) is 45.9 Å². The van der Waals surface area contributed by atoms with E-state index in [2.05, 4.69) is 15.5 Å². The largest absolute Gasteiger partial charge is 0.346 e. The van der Waals surface area contributed by atoms with Gasteiger partial charge in [-0.05, 0) is 18.4 Å². The van der Waals surface area contributed by atoms with E-state index in [-0.39, 0.29) is 5.91 Å². The van der Waals surface area contributed by atoms with Gasteiger partial charge in [-0.3, -0.25) is 4.79 Å². The van der Waals surface area contributed by atoms with Gasteiger partial charge in [0.15, 0.2) is 0 Å². The van der Waals surface area contributed by atoms with Crippen molar-refractivity contribution in [3.8, 4) is 0 Å². The molecule has 0 unspecified atom stereocenters. The van der Waals surface area contributed by atoms with Crippen LogP contribution < -0.4 is 5.32 Å². The van der Waals surface area contributed by atoms with E-state index in [0.717, 1.165) is 21.6 Å². The zero-order valence-electron chi connectivity index (χ0n) is 13.0. The molecule has 6 heteroatoms. The molecule has 1 aliphatic carbocycles. The number of benzene rings is 1. The number of aromatic nitrogens is 2. The van der Waals surface area contributed by atoms with Crippen molar-refractivity contribution in [2.24, 2.45) is 0 Å². The van der Waals surface area contributed by atoms with Crippen LogP contribution in [0.15, 0.2) is 30.3 Å². The topological polar surface area (TPSA) is 54.9 Å².